The van der Waals surface area contributed by atoms with E-state index in [9.17, 15) is 10.1 Å². The molecule has 0 spiro atoms. The zero-order valence-corrected chi connectivity index (χ0v) is 15.0. The molecule has 1 fully saturated rings. The monoisotopic (exact) mass is 350 g/mol. The van der Waals surface area contributed by atoms with Crippen molar-refractivity contribution in [3.63, 3.8) is 0 Å². The summed E-state index contributed by atoms with van der Waals surface area (Å²) in [5.74, 6) is 0.920. The minimum absolute atomic E-state index is 0.0247. The van der Waals surface area contributed by atoms with E-state index in [4.69, 9.17) is 4.74 Å². The van der Waals surface area contributed by atoms with Crippen LogP contribution >= 0.6 is 0 Å². The number of carbonyl (C=O) groups excluding carboxylic acids is 1. The van der Waals surface area contributed by atoms with Crippen molar-refractivity contribution in [1.29, 1.82) is 5.26 Å². The predicted octanol–water partition coefficient (Wildman–Crippen LogP) is 2.99. The number of ketones is 1. The quantitative estimate of drug-likeness (QED) is 0.835. The van der Waals surface area contributed by atoms with Gasteiger partial charge < -0.3 is 15.0 Å². The fraction of sp³-hybridized carbons (Fsp3) is 0.350. The maximum Gasteiger partial charge on any atom is 0.159 e. The van der Waals surface area contributed by atoms with Gasteiger partial charge in [-0.3, -0.25) is 4.79 Å². The van der Waals surface area contributed by atoms with Gasteiger partial charge in [0, 0.05) is 31.4 Å². The first-order chi connectivity index (χ1) is 12.6. The molecule has 134 valence electrons. The van der Waals surface area contributed by atoms with Crippen LogP contribution < -0.4 is 10.2 Å². The van der Waals surface area contributed by atoms with Crippen molar-refractivity contribution in [3.8, 4) is 6.07 Å². The number of pyridine rings is 1. The Hall–Kier alpha value is -2.91. The van der Waals surface area contributed by atoms with Crippen molar-refractivity contribution < 1.29 is 9.53 Å². The van der Waals surface area contributed by atoms with E-state index in [1.165, 1.54) is 6.92 Å². The van der Waals surface area contributed by atoms with Gasteiger partial charge in [0.1, 0.15) is 11.9 Å². The summed E-state index contributed by atoms with van der Waals surface area (Å²) >= 11 is 0. The number of aromatic nitrogens is 1. The number of nitrogens with zero attached hydrogens (tertiary/aromatic N) is 3. The molecule has 2 aromatic rings. The lowest BCUT2D eigenvalue weighted by molar-refractivity contribution is 0.0529. The predicted molar refractivity (Wildman–Crippen MR) is 100 cm³/mol. The van der Waals surface area contributed by atoms with Gasteiger partial charge in [-0.05, 0) is 43.7 Å². The fourth-order valence-electron chi connectivity index (χ4n) is 2.94. The Morgan fingerprint density at radius 1 is 1.42 bits per heavy atom. The minimum atomic E-state index is -0.0247. The van der Waals surface area contributed by atoms with E-state index in [2.05, 4.69) is 28.2 Å². The summed E-state index contributed by atoms with van der Waals surface area (Å²) in [6.45, 7) is 6.51. The first-order valence-electron chi connectivity index (χ1n) is 8.67. The third-order valence-electron chi connectivity index (χ3n) is 4.40. The molecule has 0 aliphatic carbocycles. The number of hydrogen-bond acceptors (Lipinski definition) is 6. The number of hydrogen-bond donors (Lipinski definition) is 1. The summed E-state index contributed by atoms with van der Waals surface area (Å²) in [5, 5.41) is 12.5. The van der Waals surface area contributed by atoms with Gasteiger partial charge in [0.25, 0.3) is 0 Å². The van der Waals surface area contributed by atoms with Crippen LogP contribution in [0.25, 0.3) is 0 Å². The van der Waals surface area contributed by atoms with E-state index >= 15 is 0 Å². The molecule has 1 atom stereocenters. The van der Waals surface area contributed by atoms with Crippen LogP contribution in [0.1, 0.15) is 35.3 Å². The van der Waals surface area contributed by atoms with Gasteiger partial charge in [0.15, 0.2) is 5.78 Å². The number of morpholine rings is 1. The summed E-state index contributed by atoms with van der Waals surface area (Å²) in [7, 11) is 0. The van der Waals surface area contributed by atoms with Crippen LogP contribution in [0, 0.1) is 11.3 Å². The van der Waals surface area contributed by atoms with Crippen LogP contribution in [0.5, 0.6) is 0 Å². The van der Waals surface area contributed by atoms with Gasteiger partial charge in [-0.2, -0.15) is 5.26 Å². The van der Waals surface area contributed by atoms with Crippen molar-refractivity contribution in [3.05, 3.63) is 53.2 Å². The molecule has 1 unspecified atom stereocenters. The molecule has 6 nitrogen and oxygen atoms in total. The molecule has 0 bridgehead atoms. The number of ether oxygens (including phenoxy) is 1. The normalized spacial score (nSPS) is 16.8. The van der Waals surface area contributed by atoms with Crippen LogP contribution in [0.15, 0.2) is 36.5 Å². The molecule has 0 amide bonds. The summed E-state index contributed by atoms with van der Waals surface area (Å²) in [5.41, 5.74) is 2.77. The van der Waals surface area contributed by atoms with E-state index < -0.39 is 0 Å². The summed E-state index contributed by atoms with van der Waals surface area (Å²) < 4.78 is 5.56. The summed E-state index contributed by atoms with van der Waals surface area (Å²) in [4.78, 5) is 18.3. The molecule has 1 aromatic carbocycles. The molecule has 2 heterocycles. The van der Waals surface area contributed by atoms with Gasteiger partial charge in [-0.1, -0.05) is 6.07 Å². The van der Waals surface area contributed by atoms with Gasteiger partial charge in [-0.15, -0.1) is 0 Å². The molecule has 0 saturated carbocycles. The van der Waals surface area contributed by atoms with Crippen LogP contribution in [-0.2, 0) is 11.3 Å². The molecular weight excluding hydrogens is 328 g/mol. The molecule has 26 heavy (non-hydrogen) atoms. The number of rotatable bonds is 5. The number of Topliss-reactive ketones (excluding diaryl/α,β-unsaturated/α-hetero) is 1. The number of anilines is 2. The summed E-state index contributed by atoms with van der Waals surface area (Å²) in [6, 6.07) is 11.2. The van der Waals surface area contributed by atoms with Gasteiger partial charge in [0.2, 0.25) is 0 Å². The highest BCUT2D eigenvalue weighted by Crippen LogP contribution is 2.20. The molecule has 1 saturated heterocycles. The Bertz CT molecular complexity index is 827. The van der Waals surface area contributed by atoms with Gasteiger partial charge >= 0.3 is 0 Å². The van der Waals surface area contributed by atoms with Crippen molar-refractivity contribution >= 4 is 17.3 Å². The largest absolute Gasteiger partial charge is 0.380 e. The van der Waals surface area contributed by atoms with E-state index in [1.807, 2.05) is 18.3 Å². The van der Waals surface area contributed by atoms with E-state index in [0.29, 0.717) is 23.4 Å². The molecule has 1 aliphatic heterocycles. The highest BCUT2D eigenvalue weighted by molar-refractivity contribution is 5.95. The number of carbonyl (C=O) groups is 1. The molecule has 1 aromatic heterocycles. The lowest BCUT2D eigenvalue weighted by Gasteiger charge is -2.32. The van der Waals surface area contributed by atoms with Gasteiger partial charge in [0.05, 0.1) is 24.0 Å². The van der Waals surface area contributed by atoms with E-state index in [-0.39, 0.29) is 11.9 Å². The molecule has 3 rings (SSSR count). The van der Waals surface area contributed by atoms with Crippen molar-refractivity contribution in [2.45, 2.75) is 26.5 Å². The molecule has 1 aliphatic rings. The minimum Gasteiger partial charge on any atom is -0.380 e. The SMILES string of the molecule is CC(=O)c1ccc(C#N)c(NCc2ccc(N3CCOC(C)C3)nc2)c1. The van der Waals surface area contributed by atoms with Crippen LogP contribution in [0.4, 0.5) is 11.5 Å². The Labute approximate surface area is 153 Å². The maximum atomic E-state index is 11.5. The Morgan fingerprint density at radius 2 is 2.27 bits per heavy atom. The first-order valence-corrected chi connectivity index (χ1v) is 8.67. The van der Waals surface area contributed by atoms with Crippen molar-refractivity contribution in [2.24, 2.45) is 0 Å². The fourth-order valence-corrected chi connectivity index (χ4v) is 2.94. The molecule has 1 N–H and O–H groups in total. The highest BCUT2D eigenvalue weighted by atomic mass is 16.5. The van der Waals surface area contributed by atoms with Gasteiger partial charge in [-0.25, -0.2) is 4.98 Å². The zero-order chi connectivity index (χ0) is 18.5. The third-order valence-corrected chi connectivity index (χ3v) is 4.40. The zero-order valence-electron chi connectivity index (χ0n) is 15.0. The number of nitriles is 1. The standard InChI is InChI=1S/C20H22N4O2/c1-14-13-24(7-8-26-14)20-6-3-16(12-23-20)11-22-19-9-17(15(2)25)4-5-18(19)10-21/h3-6,9,12,14,22H,7-8,11,13H2,1-2H3. The molecule has 0 radical (unpaired) electrons. The molecular formula is C20H22N4O2. The second-order valence-electron chi connectivity index (χ2n) is 6.43. The maximum absolute atomic E-state index is 11.5. The highest BCUT2D eigenvalue weighted by Gasteiger charge is 2.17. The molecule has 6 heteroatoms. The van der Waals surface area contributed by atoms with Crippen LogP contribution in [0.3, 0.4) is 0 Å². The van der Waals surface area contributed by atoms with Crippen LogP contribution in [0.2, 0.25) is 0 Å². The Kier molecular flexibility index (Phi) is 5.49. The Morgan fingerprint density at radius 3 is 2.92 bits per heavy atom. The Balaban J connectivity index is 1.68. The second-order valence-corrected chi connectivity index (χ2v) is 6.43. The number of benzene rings is 1. The number of nitrogens with one attached hydrogen (secondary N) is 1. The average molecular weight is 350 g/mol. The lowest BCUT2D eigenvalue weighted by Crippen LogP contribution is -2.41. The summed E-state index contributed by atoms with van der Waals surface area (Å²) in [6.07, 6.45) is 2.05. The smallest absolute Gasteiger partial charge is 0.159 e. The third kappa shape index (κ3) is 4.19. The lowest BCUT2D eigenvalue weighted by atomic mass is 10.1. The van der Waals surface area contributed by atoms with E-state index in [1.54, 1.807) is 18.2 Å². The van der Waals surface area contributed by atoms with Crippen LogP contribution in [-0.4, -0.2) is 36.6 Å². The van der Waals surface area contributed by atoms with Crippen molar-refractivity contribution in [2.75, 3.05) is 29.9 Å². The first kappa shape index (κ1) is 17.9. The van der Waals surface area contributed by atoms with Crippen molar-refractivity contribution in [1.82, 2.24) is 4.98 Å². The van der Waals surface area contributed by atoms with E-state index in [0.717, 1.165) is 31.1 Å². The topological polar surface area (TPSA) is 78.2 Å². The average Bonchev–Trinajstić information content (AvgIpc) is 2.66. The second kappa shape index (κ2) is 7.98.